The fourth-order valence-electron chi connectivity index (χ4n) is 2.54. The van der Waals surface area contributed by atoms with Gasteiger partial charge in [-0.2, -0.15) is 0 Å². The van der Waals surface area contributed by atoms with Crippen LogP contribution >= 0.6 is 0 Å². The van der Waals surface area contributed by atoms with E-state index in [0.29, 0.717) is 12.5 Å². The highest BCUT2D eigenvalue weighted by molar-refractivity contribution is 5.81. The maximum absolute atomic E-state index is 11.6. The lowest BCUT2D eigenvalue weighted by atomic mass is 9.98. The molecule has 0 radical (unpaired) electrons. The SMILES string of the molecule is CCOC(=O)CCC(=O)NCC(C1CC1)C1CC1. The van der Waals surface area contributed by atoms with Crippen LogP contribution in [0.5, 0.6) is 0 Å². The molecule has 0 bridgehead atoms. The Morgan fingerprint density at radius 1 is 1.17 bits per heavy atom. The highest BCUT2D eigenvalue weighted by Gasteiger charge is 2.41. The second-order valence-electron chi connectivity index (χ2n) is 5.45. The van der Waals surface area contributed by atoms with E-state index in [2.05, 4.69) is 5.32 Å². The molecule has 0 spiro atoms. The predicted molar refractivity (Wildman–Crippen MR) is 67.8 cm³/mol. The van der Waals surface area contributed by atoms with E-state index in [1.54, 1.807) is 6.92 Å². The summed E-state index contributed by atoms with van der Waals surface area (Å²) < 4.78 is 4.80. The van der Waals surface area contributed by atoms with Gasteiger partial charge in [0.1, 0.15) is 0 Å². The Morgan fingerprint density at radius 3 is 2.28 bits per heavy atom. The first kappa shape index (κ1) is 13.4. The summed E-state index contributed by atoms with van der Waals surface area (Å²) in [6.07, 6.45) is 5.78. The molecular formula is C14H23NO3. The molecule has 18 heavy (non-hydrogen) atoms. The average Bonchev–Trinajstić information content (AvgIpc) is 3.19. The van der Waals surface area contributed by atoms with Crippen LogP contribution < -0.4 is 5.32 Å². The minimum absolute atomic E-state index is 0.0191. The zero-order valence-electron chi connectivity index (χ0n) is 11.1. The average molecular weight is 253 g/mol. The Morgan fingerprint density at radius 2 is 1.78 bits per heavy atom. The van der Waals surface area contributed by atoms with Gasteiger partial charge >= 0.3 is 5.97 Å². The smallest absolute Gasteiger partial charge is 0.306 e. The molecule has 102 valence electrons. The maximum Gasteiger partial charge on any atom is 0.306 e. The fraction of sp³-hybridized carbons (Fsp3) is 0.857. The molecule has 0 heterocycles. The van der Waals surface area contributed by atoms with E-state index >= 15 is 0 Å². The third kappa shape index (κ3) is 4.31. The molecular weight excluding hydrogens is 230 g/mol. The lowest BCUT2D eigenvalue weighted by Gasteiger charge is -2.16. The lowest BCUT2D eigenvalue weighted by Crippen LogP contribution is -2.31. The molecule has 0 saturated heterocycles. The van der Waals surface area contributed by atoms with Crippen molar-refractivity contribution in [3.8, 4) is 0 Å². The molecule has 2 aliphatic carbocycles. The van der Waals surface area contributed by atoms with E-state index in [9.17, 15) is 9.59 Å². The van der Waals surface area contributed by atoms with Crippen molar-refractivity contribution in [1.82, 2.24) is 5.32 Å². The van der Waals surface area contributed by atoms with Gasteiger partial charge < -0.3 is 10.1 Å². The zero-order chi connectivity index (χ0) is 13.0. The van der Waals surface area contributed by atoms with Crippen molar-refractivity contribution in [2.24, 2.45) is 17.8 Å². The van der Waals surface area contributed by atoms with Crippen molar-refractivity contribution in [1.29, 1.82) is 0 Å². The standard InChI is InChI=1S/C14H23NO3/c1-2-18-14(17)8-7-13(16)15-9-12(10-3-4-10)11-5-6-11/h10-12H,2-9H2,1H3,(H,15,16). The lowest BCUT2D eigenvalue weighted by molar-refractivity contribution is -0.144. The molecule has 2 saturated carbocycles. The van der Waals surface area contributed by atoms with Gasteiger partial charge in [-0.1, -0.05) is 0 Å². The number of rotatable bonds is 8. The highest BCUT2D eigenvalue weighted by Crippen LogP contribution is 2.48. The number of ether oxygens (including phenoxy) is 1. The van der Waals surface area contributed by atoms with Crippen LogP contribution in [0.4, 0.5) is 0 Å². The third-order valence-electron chi connectivity index (χ3n) is 3.85. The second-order valence-corrected chi connectivity index (χ2v) is 5.45. The van der Waals surface area contributed by atoms with Gasteiger partial charge in [-0.25, -0.2) is 0 Å². The molecule has 2 fully saturated rings. The van der Waals surface area contributed by atoms with E-state index in [-0.39, 0.29) is 24.7 Å². The highest BCUT2D eigenvalue weighted by atomic mass is 16.5. The molecule has 2 rings (SSSR count). The fourth-order valence-corrected chi connectivity index (χ4v) is 2.54. The number of esters is 1. The van der Waals surface area contributed by atoms with Crippen LogP contribution in [0.3, 0.4) is 0 Å². The molecule has 0 atom stereocenters. The van der Waals surface area contributed by atoms with Crippen LogP contribution in [0.2, 0.25) is 0 Å². The quantitative estimate of drug-likeness (QED) is 0.672. The number of hydrogen-bond donors (Lipinski definition) is 1. The Labute approximate surface area is 108 Å². The van der Waals surface area contributed by atoms with Crippen molar-refractivity contribution in [2.75, 3.05) is 13.2 Å². The summed E-state index contributed by atoms with van der Waals surface area (Å²) >= 11 is 0. The largest absolute Gasteiger partial charge is 0.466 e. The predicted octanol–water partition coefficient (Wildman–Crippen LogP) is 1.88. The minimum atomic E-state index is -0.284. The molecule has 0 aliphatic heterocycles. The van der Waals surface area contributed by atoms with E-state index in [4.69, 9.17) is 4.74 Å². The first-order valence-corrected chi connectivity index (χ1v) is 7.13. The van der Waals surface area contributed by atoms with Crippen LogP contribution in [0, 0.1) is 17.8 Å². The van der Waals surface area contributed by atoms with Gasteiger partial charge in [-0.05, 0) is 50.4 Å². The Balaban J connectivity index is 1.60. The molecule has 0 unspecified atom stereocenters. The van der Waals surface area contributed by atoms with E-state index < -0.39 is 0 Å². The number of hydrogen-bond acceptors (Lipinski definition) is 3. The number of carbonyl (C=O) groups is 2. The Hall–Kier alpha value is -1.06. The molecule has 0 aromatic rings. The first-order chi connectivity index (χ1) is 8.70. The van der Waals surface area contributed by atoms with Crippen LogP contribution in [-0.2, 0) is 14.3 Å². The van der Waals surface area contributed by atoms with Gasteiger partial charge in [-0.15, -0.1) is 0 Å². The Bertz CT molecular complexity index is 296. The molecule has 1 amide bonds. The summed E-state index contributed by atoms with van der Waals surface area (Å²) in [6.45, 7) is 2.96. The van der Waals surface area contributed by atoms with Crippen molar-refractivity contribution in [3.05, 3.63) is 0 Å². The van der Waals surface area contributed by atoms with Gasteiger partial charge in [-0.3, -0.25) is 9.59 Å². The number of carbonyl (C=O) groups excluding carboxylic acids is 2. The van der Waals surface area contributed by atoms with Crippen molar-refractivity contribution < 1.29 is 14.3 Å². The van der Waals surface area contributed by atoms with Crippen molar-refractivity contribution in [2.45, 2.75) is 45.4 Å². The normalized spacial score (nSPS) is 18.8. The summed E-state index contributed by atoms with van der Waals surface area (Å²) in [7, 11) is 0. The van der Waals surface area contributed by atoms with Crippen molar-refractivity contribution in [3.63, 3.8) is 0 Å². The first-order valence-electron chi connectivity index (χ1n) is 7.13. The maximum atomic E-state index is 11.6. The summed E-state index contributed by atoms with van der Waals surface area (Å²) in [4.78, 5) is 22.7. The van der Waals surface area contributed by atoms with Gasteiger partial charge in [0.2, 0.25) is 5.91 Å². The monoisotopic (exact) mass is 253 g/mol. The van der Waals surface area contributed by atoms with Gasteiger partial charge in [0, 0.05) is 13.0 Å². The van der Waals surface area contributed by atoms with E-state index in [1.807, 2.05) is 0 Å². The van der Waals surface area contributed by atoms with Crippen LogP contribution in [0.15, 0.2) is 0 Å². The van der Waals surface area contributed by atoms with E-state index in [0.717, 1.165) is 18.4 Å². The molecule has 4 heteroatoms. The second kappa shape index (κ2) is 6.21. The molecule has 4 nitrogen and oxygen atoms in total. The number of amides is 1. The zero-order valence-corrected chi connectivity index (χ0v) is 11.1. The summed E-state index contributed by atoms with van der Waals surface area (Å²) in [6, 6.07) is 0. The Kier molecular flexibility index (Phi) is 4.61. The topological polar surface area (TPSA) is 55.4 Å². The molecule has 0 aromatic carbocycles. The number of nitrogens with one attached hydrogen (secondary N) is 1. The molecule has 1 N–H and O–H groups in total. The minimum Gasteiger partial charge on any atom is -0.466 e. The van der Waals surface area contributed by atoms with E-state index in [1.165, 1.54) is 25.7 Å². The van der Waals surface area contributed by atoms with Crippen LogP contribution in [0.25, 0.3) is 0 Å². The summed E-state index contributed by atoms with van der Waals surface area (Å²) in [5.41, 5.74) is 0. The van der Waals surface area contributed by atoms with Gasteiger partial charge in [0.05, 0.1) is 13.0 Å². The van der Waals surface area contributed by atoms with Gasteiger partial charge in [0.25, 0.3) is 0 Å². The third-order valence-corrected chi connectivity index (χ3v) is 3.85. The molecule has 0 aromatic heterocycles. The van der Waals surface area contributed by atoms with Crippen LogP contribution in [-0.4, -0.2) is 25.0 Å². The summed E-state index contributed by atoms with van der Waals surface area (Å²) in [5.74, 6) is 2.09. The molecule has 2 aliphatic rings. The van der Waals surface area contributed by atoms with Gasteiger partial charge in [0.15, 0.2) is 0 Å². The summed E-state index contributed by atoms with van der Waals surface area (Å²) in [5, 5.41) is 2.98. The van der Waals surface area contributed by atoms with Crippen LogP contribution in [0.1, 0.15) is 45.4 Å². The van der Waals surface area contributed by atoms with Crippen molar-refractivity contribution >= 4 is 11.9 Å².